The minimum atomic E-state index is -1.09. The van der Waals surface area contributed by atoms with Gasteiger partial charge in [0.1, 0.15) is 0 Å². The van der Waals surface area contributed by atoms with Gasteiger partial charge in [-0.2, -0.15) is 5.10 Å². The summed E-state index contributed by atoms with van der Waals surface area (Å²) in [6.45, 7) is 0. The SMILES string of the molecule is O=C(O)/C=C/c1ccsc1C(=O)Nc1ccc(=O)[nH]n1. The highest BCUT2D eigenvalue weighted by atomic mass is 32.1. The van der Waals surface area contributed by atoms with E-state index < -0.39 is 11.9 Å². The quantitative estimate of drug-likeness (QED) is 0.732. The molecule has 0 saturated carbocycles. The van der Waals surface area contributed by atoms with Gasteiger partial charge < -0.3 is 10.4 Å². The first-order chi connectivity index (χ1) is 9.56. The van der Waals surface area contributed by atoms with Gasteiger partial charge in [-0.25, -0.2) is 9.89 Å². The maximum Gasteiger partial charge on any atom is 0.328 e. The second-order valence-corrected chi connectivity index (χ2v) is 4.55. The number of carboxylic acids is 1. The molecule has 0 radical (unpaired) electrons. The second kappa shape index (κ2) is 5.93. The van der Waals surface area contributed by atoms with Crippen LogP contribution >= 0.6 is 11.3 Å². The molecule has 2 aromatic rings. The summed E-state index contributed by atoms with van der Waals surface area (Å²) < 4.78 is 0. The van der Waals surface area contributed by atoms with Crippen LogP contribution in [-0.2, 0) is 4.79 Å². The first kappa shape index (κ1) is 13.7. The molecule has 0 aliphatic heterocycles. The van der Waals surface area contributed by atoms with Crippen LogP contribution in [0.25, 0.3) is 6.08 Å². The highest BCUT2D eigenvalue weighted by Crippen LogP contribution is 2.19. The van der Waals surface area contributed by atoms with Gasteiger partial charge in [0.05, 0.1) is 4.88 Å². The van der Waals surface area contributed by atoms with Gasteiger partial charge in [0.25, 0.3) is 11.5 Å². The Morgan fingerprint density at radius 3 is 2.80 bits per heavy atom. The topological polar surface area (TPSA) is 112 Å². The van der Waals surface area contributed by atoms with Gasteiger partial charge in [0.15, 0.2) is 5.82 Å². The smallest absolute Gasteiger partial charge is 0.328 e. The highest BCUT2D eigenvalue weighted by Gasteiger charge is 2.12. The molecule has 20 heavy (non-hydrogen) atoms. The lowest BCUT2D eigenvalue weighted by Crippen LogP contribution is -2.15. The van der Waals surface area contributed by atoms with Crippen molar-refractivity contribution >= 4 is 35.1 Å². The molecule has 0 spiro atoms. The van der Waals surface area contributed by atoms with Crippen molar-refractivity contribution in [3.63, 3.8) is 0 Å². The lowest BCUT2D eigenvalue weighted by atomic mass is 10.2. The average Bonchev–Trinajstić information content (AvgIpc) is 2.87. The highest BCUT2D eigenvalue weighted by molar-refractivity contribution is 7.12. The number of carbonyl (C=O) groups excluding carboxylic acids is 1. The maximum atomic E-state index is 12.0. The summed E-state index contributed by atoms with van der Waals surface area (Å²) in [7, 11) is 0. The number of carboxylic acid groups (broad SMARTS) is 1. The zero-order chi connectivity index (χ0) is 14.5. The number of hydrogen-bond donors (Lipinski definition) is 3. The number of aromatic nitrogens is 2. The fourth-order valence-electron chi connectivity index (χ4n) is 1.38. The van der Waals surface area contributed by atoms with E-state index in [9.17, 15) is 14.4 Å². The van der Waals surface area contributed by atoms with E-state index in [1.165, 1.54) is 29.5 Å². The molecule has 2 rings (SSSR count). The first-order valence-electron chi connectivity index (χ1n) is 5.42. The van der Waals surface area contributed by atoms with Crippen molar-refractivity contribution in [1.29, 1.82) is 0 Å². The van der Waals surface area contributed by atoms with Crippen LogP contribution in [0.4, 0.5) is 5.82 Å². The molecule has 1 amide bonds. The van der Waals surface area contributed by atoms with E-state index in [2.05, 4.69) is 15.5 Å². The Hall–Kier alpha value is -2.74. The fourth-order valence-corrected chi connectivity index (χ4v) is 2.16. The Kier molecular flexibility index (Phi) is 4.06. The molecular weight excluding hydrogens is 282 g/mol. The summed E-state index contributed by atoms with van der Waals surface area (Å²) in [6.07, 6.45) is 2.30. The van der Waals surface area contributed by atoms with Gasteiger partial charge in [-0.05, 0) is 29.2 Å². The Balaban J connectivity index is 2.17. The van der Waals surface area contributed by atoms with E-state index in [-0.39, 0.29) is 11.4 Å². The van der Waals surface area contributed by atoms with Crippen molar-refractivity contribution in [2.24, 2.45) is 0 Å². The zero-order valence-corrected chi connectivity index (χ0v) is 10.8. The van der Waals surface area contributed by atoms with Gasteiger partial charge >= 0.3 is 5.97 Å². The van der Waals surface area contributed by atoms with Crippen molar-refractivity contribution in [2.45, 2.75) is 0 Å². The van der Waals surface area contributed by atoms with E-state index >= 15 is 0 Å². The van der Waals surface area contributed by atoms with E-state index in [0.29, 0.717) is 10.4 Å². The van der Waals surface area contributed by atoms with Gasteiger partial charge in [-0.1, -0.05) is 0 Å². The number of amides is 1. The molecule has 0 bridgehead atoms. The van der Waals surface area contributed by atoms with Crippen molar-refractivity contribution < 1.29 is 14.7 Å². The number of rotatable bonds is 4. The number of aliphatic carboxylic acids is 1. The van der Waals surface area contributed by atoms with Gasteiger partial charge in [0, 0.05) is 12.1 Å². The zero-order valence-electron chi connectivity index (χ0n) is 9.99. The van der Waals surface area contributed by atoms with Crippen LogP contribution in [-0.4, -0.2) is 27.2 Å². The molecular formula is C12H9N3O4S. The van der Waals surface area contributed by atoms with E-state index in [0.717, 1.165) is 6.08 Å². The number of carbonyl (C=O) groups is 2. The molecule has 0 aromatic carbocycles. The van der Waals surface area contributed by atoms with Crippen LogP contribution < -0.4 is 10.9 Å². The molecule has 0 aliphatic rings. The molecule has 0 fully saturated rings. The third-order valence-corrected chi connectivity index (χ3v) is 3.16. The summed E-state index contributed by atoms with van der Waals surface area (Å²) in [5.41, 5.74) is 0.128. The van der Waals surface area contributed by atoms with Gasteiger partial charge in [-0.3, -0.25) is 9.59 Å². The molecule has 0 aliphatic carbocycles. The van der Waals surface area contributed by atoms with Crippen LogP contribution in [0.3, 0.4) is 0 Å². The second-order valence-electron chi connectivity index (χ2n) is 3.64. The van der Waals surface area contributed by atoms with Crippen LogP contribution in [0.2, 0.25) is 0 Å². The molecule has 8 heteroatoms. The largest absolute Gasteiger partial charge is 0.478 e. The molecule has 2 aromatic heterocycles. The van der Waals surface area contributed by atoms with Crippen molar-refractivity contribution in [3.8, 4) is 0 Å². The predicted octanol–water partition coefficient (Wildman–Crippen LogP) is 1.18. The lowest BCUT2D eigenvalue weighted by Gasteiger charge is -2.02. The molecule has 2 heterocycles. The summed E-state index contributed by atoms with van der Waals surface area (Å²) >= 11 is 1.18. The minimum absolute atomic E-state index is 0.205. The minimum Gasteiger partial charge on any atom is -0.478 e. The Labute approximate surface area is 116 Å². The van der Waals surface area contributed by atoms with Gasteiger partial charge in [-0.15, -0.1) is 11.3 Å². The number of nitrogens with one attached hydrogen (secondary N) is 2. The molecule has 0 atom stereocenters. The van der Waals surface area contributed by atoms with E-state index in [1.54, 1.807) is 11.4 Å². The summed E-state index contributed by atoms with van der Waals surface area (Å²) in [6, 6.07) is 4.25. The summed E-state index contributed by atoms with van der Waals surface area (Å²) in [4.78, 5) is 33.7. The number of anilines is 1. The van der Waals surface area contributed by atoms with Crippen LogP contribution in [0.1, 0.15) is 15.2 Å². The van der Waals surface area contributed by atoms with E-state index in [1.807, 2.05) is 0 Å². The Morgan fingerprint density at radius 1 is 1.35 bits per heavy atom. The van der Waals surface area contributed by atoms with Crippen molar-refractivity contribution in [1.82, 2.24) is 10.2 Å². The number of nitrogens with zero attached hydrogens (tertiary/aromatic N) is 1. The van der Waals surface area contributed by atoms with Crippen LogP contribution in [0.5, 0.6) is 0 Å². The van der Waals surface area contributed by atoms with Crippen LogP contribution in [0, 0.1) is 0 Å². The normalized spacial score (nSPS) is 10.6. The van der Waals surface area contributed by atoms with E-state index in [4.69, 9.17) is 5.11 Å². The summed E-state index contributed by atoms with van der Waals surface area (Å²) in [5, 5.41) is 18.6. The molecule has 3 N–H and O–H groups in total. The number of thiophene rings is 1. The molecule has 0 saturated heterocycles. The molecule has 0 unspecified atom stereocenters. The Morgan fingerprint density at radius 2 is 2.15 bits per heavy atom. The third kappa shape index (κ3) is 3.39. The standard InChI is InChI=1S/C12H9N3O4S/c16-9-3-2-8(14-15-9)13-12(19)11-7(5-6-20-11)1-4-10(17)18/h1-6H,(H,15,16)(H,17,18)(H,13,14,19)/b4-1+. The first-order valence-corrected chi connectivity index (χ1v) is 6.30. The Bertz CT molecular complexity index is 712. The molecule has 102 valence electrons. The fraction of sp³-hybridized carbons (Fsp3) is 0. The van der Waals surface area contributed by atoms with Gasteiger partial charge in [0.2, 0.25) is 0 Å². The molecule has 7 nitrogen and oxygen atoms in total. The van der Waals surface area contributed by atoms with Crippen molar-refractivity contribution in [3.05, 3.63) is 50.4 Å². The average molecular weight is 291 g/mol. The number of aromatic amines is 1. The predicted molar refractivity (Wildman–Crippen MR) is 73.8 cm³/mol. The summed E-state index contributed by atoms with van der Waals surface area (Å²) in [5.74, 6) is -1.31. The lowest BCUT2D eigenvalue weighted by molar-refractivity contribution is -0.131. The van der Waals surface area contributed by atoms with Crippen LogP contribution in [0.15, 0.2) is 34.4 Å². The van der Waals surface area contributed by atoms with Crippen molar-refractivity contribution in [2.75, 3.05) is 5.32 Å². The number of H-pyrrole nitrogens is 1. The third-order valence-electron chi connectivity index (χ3n) is 2.23. The monoisotopic (exact) mass is 291 g/mol. The number of hydrogen-bond acceptors (Lipinski definition) is 5. The maximum absolute atomic E-state index is 12.0.